The van der Waals surface area contributed by atoms with Crippen molar-refractivity contribution in [2.45, 2.75) is 12.6 Å². The zero-order valence-corrected chi connectivity index (χ0v) is 16.7. The van der Waals surface area contributed by atoms with E-state index in [-0.39, 0.29) is 6.10 Å². The van der Waals surface area contributed by atoms with E-state index in [0.29, 0.717) is 6.54 Å². The van der Waals surface area contributed by atoms with Gasteiger partial charge in [-0.15, -0.1) is 0 Å². The molecule has 0 unspecified atom stereocenters. The second-order valence-electron chi connectivity index (χ2n) is 7.45. The smallest absolute Gasteiger partial charge is 0.168 e. The molecule has 30 heavy (non-hydrogen) atoms. The summed E-state index contributed by atoms with van der Waals surface area (Å²) < 4.78 is 7.82. The van der Waals surface area contributed by atoms with Gasteiger partial charge in [0.05, 0.1) is 30.0 Å². The van der Waals surface area contributed by atoms with Gasteiger partial charge in [-0.1, -0.05) is 48.5 Å². The van der Waals surface area contributed by atoms with E-state index in [2.05, 4.69) is 55.6 Å². The van der Waals surface area contributed by atoms with Crippen molar-refractivity contribution in [2.24, 2.45) is 0 Å². The van der Waals surface area contributed by atoms with E-state index in [1.54, 1.807) is 6.33 Å². The van der Waals surface area contributed by atoms with Crippen LogP contribution in [0.1, 0.15) is 5.56 Å². The molecular weight excluding hydrogens is 376 g/mol. The van der Waals surface area contributed by atoms with Gasteiger partial charge in [-0.25, -0.2) is 14.6 Å². The van der Waals surface area contributed by atoms with Gasteiger partial charge < -0.3 is 10.1 Å². The van der Waals surface area contributed by atoms with E-state index in [1.165, 1.54) is 5.56 Å². The van der Waals surface area contributed by atoms with E-state index in [0.717, 1.165) is 48.8 Å². The van der Waals surface area contributed by atoms with Crippen molar-refractivity contribution >= 4 is 16.9 Å². The lowest BCUT2D eigenvalue weighted by molar-refractivity contribution is -0.0240. The predicted octanol–water partition coefficient (Wildman–Crippen LogP) is 3.13. The Morgan fingerprint density at radius 1 is 1.00 bits per heavy atom. The maximum Gasteiger partial charge on any atom is 0.168 e. The van der Waals surface area contributed by atoms with E-state index in [9.17, 15) is 0 Å². The van der Waals surface area contributed by atoms with Crippen molar-refractivity contribution in [3.63, 3.8) is 0 Å². The van der Waals surface area contributed by atoms with Gasteiger partial charge in [-0.3, -0.25) is 4.90 Å². The number of rotatable bonds is 6. The SMILES string of the molecule is c1ccc(CN2CCO[C@H](CNc3ncnc4c3cnn4-c3ccccc3)C2)cc1. The van der Waals surface area contributed by atoms with Gasteiger partial charge in [0.1, 0.15) is 12.1 Å². The number of morpholine rings is 1. The van der Waals surface area contributed by atoms with Crippen LogP contribution in [0.3, 0.4) is 0 Å². The molecule has 1 fully saturated rings. The number of ether oxygens (including phenoxy) is 1. The number of anilines is 1. The average molecular weight is 400 g/mol. The number of fused-ring (bicyclic) bond motifs is 1. The maximum atomic E-state index is 5.99. The van der Waals surface area contributed by atoms with Crippen molar-refractivity contribution < 1.29 is 4.74 Å². The molecule has 1 aliphatic heterocycles. The summed E-state index contributed by atoms with van der Waals surface area (Å²) >= 11 is 0. The third-order valence-corrected chi connectivity index (χ3v) is 5.34. The third-order valence-electron chi connectivity index (χ3n) is 5.34. The van der Waals surface area contributed by atoms with Crippen LogP contribution >= 0.6 is 0 Å². The molecule has 0 radical (unpaired) electrons. The Kier molecular flexibility index (Phi) is 5.37. The molecule has 0 saturated carbocycles. The molecule has 1 atom stereocenters. The van der Waals surface area contributed by atoms with Crippen molar-refractivity contribution in [3.8, 4) is 5.69 Å². The first kappa shape index (κ1) is 18.7. The molecule has 1 N–H and O–H groups in total. The molecule has 7 heteroatoms. The molecule has 3 heterocycles. The van der Waals surface area contributed by atoms with Crippen LogP contribution in [0.5, 0.6) is 0 Å². The van der Waals surface area contributed by atoms with E-state index >= 15 is 0 Å². The minimum absolute atomic E-state index is 0.108. The highest BCUT2D eigenvalue weighted by atomic mass is 16.5. The van der Waals surface area contributed by atoms with Crippen LogP contribution < -0.4 is 5.32 Å². The Hall–Kier alpha value is -3.29. The maximum absolute atomic E-state index is 5.99. The zero-order valence-electron chi connectivity index (χ0n) is 16.7. The zero-order chi connectivity index (χ0) is 20.2. The molecule has 152 valence electrons. The molecule has 7 nitrogen and oxygen atoms in total. The lowest BCUT2D eigenvalue weighted by Crippen LogP contribution is -2.44. The molecule has 1 saturated heterocycles. The minimum Gasteiger partial charge on any atom is -0.374 e. The first-order valence-electron chi connectivity index (χ1n) is 10.2. The van der Waals surface area contributed by atoms with Gasteiger partial charge in [-0.05, 0) is 17.7 Å². The van der Waals surface area contributed by atoms with Crippen LogP contribution in [0.4, 0.5) is 5.82 Å². The summed E-state index contributed by atoms with van der Waals surface area (Å²) in [5, 5.41) is 8.87. The molecule has 4 aromatic rings. The van der Waals surface area contributed by atoms with Gasteiger partial charge in [0.2, 0.25) is 0 Å². The normalized spacial score (nSPS) is 17.3. The lowest BCUT2D eigenvalue weighted by Gasteiger charge is -2.33. The van der Waals surface area contributed by atoms with Crippen LogP contribution in [0.15, 0.2) is 73.2 Å². The monoisotopic (exact) mass is 400 g/mol. The first-order valence-corrected chi connectivity index (χ1v) is 10.2. The van der Waals surface area contributed by atoms with E-state index < -0.39 is 0 Å². The van der Waals surface area contributed by atoms with Crippen LogP contribution in [0, 0.1) is 0 Å². The number of hydrogen-bond acceptors (Lipinski definition) is 6. The first-order chi connectivity index (χ1) is 14.9. The summed E-state index contributed by atoms with van der Waals surface area (Å²) in [5.41, 5.74) is 3.09. The van der Waals surface area contributed by atoms with Gasteiger partial charge in [0.15, 0.2) is 5.65 Å². The third kappa shape index (κ3) is 4.03. The van der Waals surface area contributed by atoms with Gasteiger partial charge in [0, 0.05) is 26.2 Å². The van der Waals surface area contributed by atoms with Crippen LogP contribution in [0.25, 0.3) is 16.7 Å². The van der Waals surface area contributed by atoms with Crippen molar-refractivity contribution in [1.82, 2.24) is 24.6 Å². The lowest BCUT2D eigenvalue weighted by atomic mass is 10.2. The van der Waals surface area contributed by atoms with Crippen molar-refractivity contribution in [2.75, 3.05) is 31.6 Å². The number of nitrogens with one attached hydrogen (secondary N) is 1. The Balaban J connectivity index is 1.27. The fraction of sp³-hybridized carbons (Fsp3) is 0.261. The highest BCUT2D eigenvalue weighted by Crippen LogP contribution is 2.22. The number of para-hydroxylation sites is 1. The van der Waals surface area contributed by atoms with Gasteiger partial charge >= 0.3 is 0 Å². The summed E-state index contributed by atoms with van der Waals surface area (Å²) in [6.45, 7) is 4.22. The highest BCUT2D eigenvalue weighted by Gasteiger charge is 2.21. The summed E-state index contributed by atoms with van der Waals surface area (Å²) in [7, 11) is 0. The quantitative estimate of drug-likeness (QED) is 0.536. The summed E-state index contributed by atoms with van der Waals surface area (Å²) in [5.74, 6) is 0.783. The summed E-state index contributed by atoms with van der Waals surface area (Å²) in [4.78, 5) is 11.3. The van der Waals surface area contributed by atoms with E-state index in [1.807, 2.05) is 41.2 Å². The Labute approximate surface area is 175 Å². The van der Waals surface area contributed by atoms with Crippen LogP contribution in [-0.2, 0) is 11.3 Å². The van der Waals surface area contributed by atoms with Crippen molar-refractivity contribution in [1.29, 1.82) is 0 Å². The molecular formula is C23H24N6O. The topological polar surface area (TPSA) is 68.1 Å². The largest absolute Gasteiger partial charge is 0.374 e. The fourth-order valence-electron chi connectivity index (χ4n) is 3.84. The number of aromatic nitrogens is 4. The highest BCUT2D eigenvalue weighted by molar-refractivity contribution is 5.87. The second kappa shape index (κ2) is 8.61. The number of benzene rings is 2. The molecule has 2 aromatic carbocycles. The van der Waals surface area contributed by atoms with Crippen LogP contribution in [0.2, 0.25) is 0 Å². The van der Waals surface area contributed by atoms with E-state index in [4.69, 9.17) is 4.74 Å². The van der Waals surface area contributed by atoms with Gasteiger partial charge in [0.25, 0.3) is 0 Å². The predicted molar refractivity (Wildman–Crippen MR) is 117 cm³/mol. The molecule has 0 spiro atoms. The Bertz CT molecular complexity index is 1100. The summed E-state index contributed by atoms with van der Waals surface area (Å²) in [6.07, 6.45) is 3.50. The molecule has 0 aliphatic carbocycles. The Morgan fingerprint density at radius 2 is 1.80 bits per heavy atom. The molecule has 2 aromatic heterocycles. The minimum atomic E-state index is 0.108. The molecule has 1 aliphatic rings. The molecule has 5 rings (SSSR count). The standard InChI is InChI=1S/C23H24N6O/c1-3-7-18(8-4-1)15-28-11-12-30-20(16-28)13-24-22-21-14-27-29(23(21)26-17-25-22)19-9-5-2-6-10-19/h1-10,14,17,20H,11-13,15-16H2,(H,24,25,26)/t20-/m1/s1. The Morgan fingerprint density at radius 3 is 2.63 bits per heavy atom. The van der Waals surface area contributed by atoms with Crippen LogP contribution in [-0.4, -0.2) is 57.0 Å². The number of nitrogens with zero attached hydrogens (tertiary/aromatic N) is 5. The molecule has 0 bridgehead atoms. The average Bonchev–Trinajstić information content (AvgIpc) is 3.24. The van der Waals surface area contributed by atoms with Crippen molar-refractivity contribution in [3.05, 3.63) is 78.8 Å². The second-order valence-corrected chi connectivity index (χ2v) is 7.45. The van der Waals surface area contributed by atoms with Gasteiger partial charge in [-0.2, -0.15) is 5.10 Å². The molecule has 0 amide bonds. The number of hydrogen-bond donors (Lipinski definition) is 1. The summed E-state index contributed by atoms with van der Waals surface area (Å²) in [6, 6.07) is 20.6. The fourth-order valence-corrected chi connectivity index (χ4v) is 3.84.